The molecule has 4 rings (SSSR count). The number of rotatable bonds is 7. The Balaban J connectivity index is 1.37. The third-order valence-electron chi connectivity index (χ3n) is 3.82. The largest absolute Gasteiger partial charge is 0.467 e. The quantitative estimate of drug-likeness (QED) is 0.362. The van der Waals surface area contributed by atoms with Gasteiger partial charge in [0.25, 0.3) is 0 Å². The second-order valence-corrected chi connectivity index (χ2v) is 7.77. The van der Waals surface area contributed by atoms with Crippen molar-refractivity contribution in [2.24, 2.45) is 0 Å². The van der Waals surface area contributed by atoms with Gasteiger partial charge in [0.15, 0.2) is 10.1 Å². The molecule has 1 aromatic carbocycles. The van der Waals surface area contributed by atoms with E-state index in [1.807, 2.05) is 43.3 Å². The van der Waals surface area contributed by atoms with Crippen LogP contribution in [0.15, 0.2) is 55.8 Å². The summed E-state index contributed by atoms with van der Waals surface area (Å²) in [5.74, 6) is 1.45. The third-order valence-corrected chi connectivity index (χ3v) is 5.84. The number of aromatic nitrogens is 2. The second kappa shape index (κ2) is 7.35. The standard InChI is InChI=1S/C18H15N3O3S2/c1-11-13-6-2-3-7-15(13)24-16(11)14(22)10-25-18-21-20-17(26-18)19-9-12-5-4-8-23-12/h2-8H,9-10H2,1H3,(H,19,20). The van der Waals surface area contributed by atoms with Gasteiger partial charge in [-0.15, -0.1) is 10.2 Å². The third kappa shape index (κ3) is 3.51. The van der Waals surface area contributed by atoms with Crippen LogP contribution in [-0.4, -0.2) is 21.7 Å². The number of aryl methyl sites for hydroxylation is 1. The first-order valence-corrected chi connectivity index (χ1v) is 9.75. The molecule has 8 heteroatoms. The molecule has 132 valence electrons. The van der Waals surface area contributed by atoms with Gasteiger partial charge >= 0.3 is 0 Å². The summed E-state index contributed by atoms with van der Waals surface area (Å²) in [4.78, 5) is 12.5. The minimum Gasteiger partial charge on any atom is -0.467 e. The van der Waals surface area contributed by atoms with Gasteiger partial charge in [0, 0.05) is 10.9 Å². The number of carbonyl (C=O) groups excluding carboxylic acids is 1. The average Bonchev–Trinajstić information content (AvgIpc) is 3.39. The first-order chi connectivity index (χ1) is 12.7. The Kier molecular flexibility index (Phi) is 4.77. The highest BCUT2D eigenvalue weighted by atomic mass is 32.2. The van der Waals surface area contributed by atoms with Crippen molar-refractivity contribution in [2.75, 3.05) is 11.1 Å². The van der Waals surface area contributed by atoms with Gasteiger partial charge in [-0.05, 0) is 25.1 Å². The van der Waals surface area contributed by atoms with Gasteiger partial charge in [0.1, 0.15) is 11.3 Å². The molecule has 0 atom stereocenters. The average molecular weight is 385 g/mol. The van der Waals surface area contributed by atoms with E-state index >= 15 is 0 Å². The van der Waals surface area contributed by atoms with E-state index < -0.39 is 0 Å². The van der Waals surface area contributed by atoms with Crippen LogP contribution in [0.25, 0.3) is 11.0 Å². The number of Topliss-reactive ketones (excluding diaryl/α,β-unsaturated/α-hetero) is 1. The Morgan fingerprint density at radius 3 is 2.92 bits per heavy atom. The Hall–Kier alpha value is -2.58. The van der Waals surface area contributed by atoms with E-state index in [9.17, 15) is 4.79 Å². The van der Waals surface area contributed by atoms with Crippen LogP contribution in [0.3, 0.4) is 0 Å². The monoisotopic (exact) mass is 385 g/mol. The summed E-state index contributed by atoms with van der Waals surface area (Å²) < 4.78 is 11.7. The summed E-state index contributed by atoms with van der Waals surface area (Å²) in [6.07, 6.45) is 1.63. The Bertz CT molecular complexity index is 1040. The van der Waals surface area contributed by atoms with Gasteiger partial charge in [-0.1, -0.05) is 41.3 Å². The van der Waals surface area contributed by atoms with Crippen LogP contribution in [0.2, 0.25) is 0 Å². The number of hydrogen-bond donors (Lipinski definition) is 1. The molecule has 0 aliphatic carbocycles. The highest BCUT2D eigenvalue weighted by Crippen LogP contribution is 2.29. The predicted molar refractivity (Wildman–Crippen MR) is 102 cm³/mol. The van der Waals surface area contributed by atoms with E-state index in [2.05, 4.69) is 15.5 Å². The lowest BCUT2D eigenvalue weighted by Gasteiger charge is -1.97. The molecule has 3 heterocycles. The van der Waals surface area contributed by atoms with Crippen molar-refractivity contribution in [3.05, 3.63) is 59.7 Å². The first kappa shape index (κ1) is 16.9. The number of thioether (sulfide) groups is 1. The van der Waals surface area contributed by atoms with Crippen molar-refractivity contribution >= 4 is 45.0 Å². The SMILES string of the molecule is Cc1c(C(=O)CSc2nnc(NCc3ccco3)s2)oc2ccccc12. The number of para-hydroxylation sites is 1. The molecule has 0 amide bonds. The number of hydrogen-bond acceptors (Lipinski definition) is 8. The molecule has 0 aliphatic heterocycles. The number of ketones is 1. The molecule has 0 bridgehead atoms. The summed E-state index contributed by atoms with van der Waals surface area (Å²) in [5, 5.41) is 13.0. The van der Waals surface area contributed by atoms with Gasteiger partial charge in [0.2, 0.25) is 10.9 Å². The molecule has 0 saturated carbocycles. The molecular weight excluding hydrogens is 370 g/mol. The first-order valence-electron chi connectivity index (χ1n) is 7.94. The van der Waals surface area contributed by atoms with E-state index in [4.69, 9.17) is 8.83 Å². The summed E-state index contributed by atoms with van der Waals surface area (Å²) in [6, 6.07) is 11.4. The molecule has 4 aromatic rings. The maximum atomic E-state index is 12.5. The van der Waals surface area contributed by atoms with Crippen LogP contribution in [0.1, 0.15) is 21.9 Å². The van der Waals surface area contributed by atoms with Gasteiger partial charge in [-0.25, -0.2) is 0 Å². The van der Waals surface area contributed by atoms with Crippen LogP contribution in [0.4, 0.5) is 5.13 Å². The van der Waals surface area contributed by atoms with Crippen molar-refractivity contribution in [1.82, 2.24) is 10.2 Å². The smallest absolute Gasteiger partial charge is 0.208 e. The molecule has 0 unspecified atom stereocenters. The summed E-state index contributed by atoms with van der Waals surface area (Å²) in [6.45, 7) is 2.45. The molecule has 0 spiro atoms. The van der Waals surface area contributed by atoms with Crippen LogP contribution in [-0.2, 0) is 6.54 Å². The lowest BCUT2D eigenvalue weighted by atomic mass is 10.1. The number of benzene rings is 1. The van der Waals surface area contributed by atoms with E-state index in [-0.39, 0.29) is 11.5 Å². The molecule has 6 nitrogen and oxygen atoms in total. The maximum Gasteiger partial charge on any atom is 0.208 e. The fourth-order valence-corrected chi connectivity index (χ4v) is 4.16. The number of anilines is 1. The minimum atomic E-state index is -0.0519. The minimum absolute atomic E-state index is 0.0519. The number of furan rings is 2. The second-order valence-electron chi connectivity index (χ2n) is 5.57. The lowest BCUT2D eigenvalue weighted by Crippen LogP contribution is -2.02. The van der Waals surface area contributed by atoms with Gasteiger partial charge < -0.3 is 14.2 Å². The molecule has 0 fully saturated rings. The number of nitrogens with zero attached hydrogens (tertiary/aromatic N) is 2. The summed E-state index contributed by atoms with van der Waals surface area (Å²) in [5.41, 5.74) is 1.61. The summed E-state index contributed by atoms with van der Waals surface area (Å²) >= 11 is 2.76. The Morgan fingerprint density at radius 2 is 2.12 bits per heavy atom. The molecule has 3 aromatic heterocycles. The van der Waals surface area contributed by atoms with E-state index in [1.165, 1.54) is 23.1 Å². The normalized spacial score (nSPS) is 11.1. The zero-order chi connectivity index (χ0) is 17.9. The molecular formula is C18H15N3O3S2. The summed E-state index contributed by atoms with van der Waals surface area (Å²) in [7, 11) is 0. The van der Waals surface area contributed by atoms with Crippen LogP contribution in [0, 0.1) is 6.92 Å². The maximum absolute atomic E-state index is 12.5. The molecule has 1 N–H and O–H groups in total. The van der Waals surface area contributed by atoms with Crippen molar-refractivity contribution in [3.63, 3.8) is 0 Å². The topological polar surface area (TPSA) is 81.2 Å². The number of fused-ring (bicyclic) bond motifs is 1. The molecule has 0 radical (unpaired) electrons. The van der Waals surface area contributed by atoms with Gasteiger partial charge in [-0.2, -0.15) is 0 Å². The fourth-order valence-electron chi connectivity index (χ4n) is 2.55. The predicted octanol–water partition coefficient (Wildman–Crippen LogP) is 4.77. The van der Waals surface area contributed by atoms with E-state index in [0.29, 0.717) is 17.4 Å². The van der Waals surface area contributed by atoms with E-state index in [1.54, 1.807) is 6.26 Å². The van der Waals surface area contributed by atoms with Crippen molar-refractivity contribution in [2.45, 2.75) is 17.8 Å². The zero-order valence-electron chi connectivity index (χ0n) is 13.9. The van der Waals surface area contributed by atoms with Crippen LogP contribution in [0.5, 0.6) is 0 Å². The van der Waals surface area contributed by atoms with Crippen molar-refractivity contribution in [3.8, 4) is 0 Å². The number of nitrogens with one attached hydrogen (secondary N) is 1. The fraction of sp³-hybridized carbons (Fsp3) is 0.167. The van der Waals surface area contributed by atoms with Crippen molar-refractivity contribution in [1.29, 1.82) is 0 Å². The molecule has 0 aliphatic rings. The van der Waals surface area contributed by atoms with Crippen molar-refractivity contribution < 1.29 is 13.6 Å². The highest BCUT2D eigenvalue weighted by Gasteiger charge is 2.18. The number of carbonyl (C=O) groups is 1. The Morgan fingerprint density at radius 1 is 1.23 bits per heavy atom. The highest BCUT2D eigenvalue weighted by molar-refractivity contribution is 8.01. The molecule has 26 heavy (non-hydrogen) atoms. The van der Waals surface area contributed by atoms with Crippen LogP contribution >= 0.6 is 23.1 Å². The lowest BCUT2D eigenvalue weighted by molar-refractivity contribution is 0.0993. The van der Waals surface area contributed by atoms with Gasteiger partial charge in [0.05, 0.1) is 18.6 Å². The van der Waals surface area contributed by atoms with Gasteiger partial charge in [-0.3, -0.25) is 4.79 Å². The zero-order valence-corrected chi connectivity index (χ0v) is 15.5. The van der Waals surface area contributed by atoms with E-state index in [0.717, 1.165) is 26.6 Å². The Labute approximate surface area is 157 Å². The van der Waals surface area contributed by atoms with Crippen LogP contribution < -0.4 is 5.32 Å². The molecule has 0 saturated heterocycles.